The number of hydrogen-bond donors (Lipinski definition) is 1. The molecule has 0 unspecified atom stereocenters. The average Bonchev–Trinajstić information content (AvgIpc) is 2.93. The van der Waals surface area contributed by atoms with Gasteiger partial charge in [-0.05, 0) is 44.4 Å². The molecule has 0 fully saturated rings. The molecule has 1 aliphatic rings. The zero-order valence-corrected chi connectivity index (χ0v) is 15.2. The van der Waals surface area contributed by atoms with Crippen molar-refractivity contribution in [2.75, 3.05) is 6.54 Å². The highest BCUT2D eigenvalue weighted by Crippen LogP contribution is 2.34. The lowest BCUT2D eigenvalue weighted by atomic mass is 10.0. The highest BCUT2D eigenvalue weighted by molar-refractivity contribution is 5.99. The highest BCUT2D eigenvalue weighted by Gasteiger charge is 2.38. The van der Waals surface area contributed by atoms with E-state index in [1.807, 2.05) is 29.2 Å². The molecule has 25 heavy (non-hydrogen) atoms. The Morgan fingerprint density at radius 2 is 1.80 bits per heavy atom. The quantitative estimate of drug-likeness (QED) is 0.717. The number of carbonyl (C=O) groups excluding carboxylic acids is 1. The Bertz CT molecular complexity index is 698. The molecule has 3 heteroatoms. The minimum Gasteiger partial charge on any atom is -0.316 e. The Morgan fingerprint density at radius 3 is 2.56 bits per heavy atom. The van der Waals surface area contributed by atoms with Gasteiger partial charge in [-0.1, -0.05) is 61.9 Å². The number of aryl methyl sites for hydroxylation is 1. The summed E-state index contributed by atoms with van der Waals surface area (Å²) in [5.41, 5.74) is 3.30. The molecule has 3 rings (SSSR count). The molecule has 0 aliphatic carbocycles. The highest BCUT2D eigenvalue weighted by atomic mass is 16.2. The predicted molar refractivity (Wildman–Crippen MR) is 102 cm³/mol. The van der Waals surface area contributed by atoms with Crippen LogP contribution in [-0.4, -0.2) is 23.4 Å². The van der Waals surface area contributed by atoms with Gasteiger partial charge in [-0.15, -0.1) is 0 Å². The van der Waals surface area contributed by atoms with E-state index < -0.39 is 0 Å². The first-order valence-corrected chi connectivity index (χ1v) is 9.41. The molecule has 2 atom stereocenters. The smallest absolute Gasteiger partial charge is 0.256 e. The van der Waals surface area contributed by atoms with Crippen molar-refractivity contribution < 1.29 is 4.79 Å². The minimum absolute atomic E-state index is 0.000948. The van der Waals surface area contributed by atoms with Crippen molar-refractivity contribution in [1.29, 1.82) is 0 Å². The number of benzene rings is 2. The van der Waals surface area contributed by atoms with Gasteiger partial charge in [0.05, 0.1) is 0 Å². The van der Waals surface area contributed by atoms with Gasteiger partial charge < -0.3 is 4.90 Å². The number of amides is 1. The van der Waals surface area contributed by atoms with E-state index in [1.54, 1.807) is 0 Å². The number of unbranched alkanes of at least 4 members (excludes halogenated alkanes) is 1. The van der Waals surface area contributed by atoms with E-state index in [-0.39, 0.29) is 18.1 Å². The number of carbonyl (C=O) groups is 1. The maximum Gasteiger partial charge on any atom is 0.256 e. The van der Waals surface area contributed by atoms with E-state index in [2.05, 4.69) is 49.5 Å². The van der Waals surface area contributed by atoms with Gasteiger partial charge in [0.25, 0.3) is 5.91 Å². The number of rotatable bonds is 8. The van der Waals surface area contributed by atoms with E-state index in [0.29, 0.717) is 0 Å². The Hall–Kier alpha value is -2.13. The van der Waals surface area contributed by atoms with E-state index in [0.717, 1.165) is 43.4 Å². The molecule has 3 nitrogen and oxygen atoms in total. The molecule has 2 aromatic rings. The molecular formula is C22H28N2O. The molecular weight excluding hydrogens is 308 g/mol. The van der Waals surface area contributed by atoms with Gasteiger partial charge in [-0.25, -0.2) is 0 Å². The minimum atomic E-state index is 0.000948. The van der Waals surface area contributed by atoms with Gasteiger partial charge in [0.1, 0.15) is 6.17 Å². The molecule has 2 aromatic carbocycles. The van der Waals surface area contributed by atoms with Crippen LogP contribution in [0.4, 0.5) is 0 Å². The lowest BCUT2D eigenvalue weighted by Crippen LogP contribution is -2.42. The number of fused-ring (bicyclic) bond motifs is 1. The normalized spacial score (nSPS) is 17.6. The summed E-state index contributed by atoms with van der Waals surface area (Å²) in [6.07, 6.45) is 4.23. The fraction of sp³-hybridized carbons (Fsp3) is 0.409. The van der Waals surface area contributed by atoms with Crippen LogP contribution in [0.2, 0.25) is 0 Å². The molecule has 132 valence electrons. The summed E-state index contributed by atoms with van der Waals surface area (Å²) in [6, 6.07) is 18.7. The van der Waals surface area contributed by atoms with Crippen molar-refractivity contribution in [3.05, 3.63) is 71.3 Å². The maximum atomic E-state index is 13.0. The topological polar surface area (TPSA) is 32.3 Å². The monoisotopic (exact) mass is 336 g/mol. The molecule has 1 N–H and O–H groups in total. The summed E-state index contributed by atoms with van der Waals surface area (Å²) < 4.78 is 0. The Labute approximate surface area is 151 Å². The summed E-state index contributed by atoms with van der Waals surface area (Å²) in [7, 11) is 0. The summed E-state index contributed by atoms with van der Waals surface area (Å²) in [5, 5.41) is 3.60. The first-order valence-electron chi connectivity index (χ1n) is 9.41. The fourth-order valence-corrected chi connectivity index (χ4v) is 3.57. The lowest BCUT2D eigenvalue weighted by molar-refractivity contribution is 0.0593. The van der Waals surface area contributed by atoms with Crippen LogP contribution in [0.5, 0.6) is 0 Å². The van der Waals surface area contributed by atoms with Gasteiger partial charge in [-0.2, -0.15) is 0 Å². The molecule has 0 bridgehead atoms. The fourth-order valence-electron chi connectivity index (χ4n) is 3.57. The van der Waals surface area contributed by atoms with Crippen LogP contribution in [0.1, 0.15) is 60.8 Å². The second-order valence-corrected chi connectivity index (χ2v) is 6.88. The van der Waals surface area contributed by atoms with Crippen LogP contribution in [0.3, 0.4) is 0 Å². The molecule has 0 radical (unpaired) electrons. The van der Waals surface area contributed by atoms with Crippen LogP contribution >= 0.6 is 0 Å². The second kappa shape index (κ2) is 8.30. The van der Waals surface area contributed by atoms with Crippen molar-refractivity contribution in [2.24, 2.45) is 0 Å². The third-order valence-electron chi connectivity index (χ3n) is 5.03. The van der Waals surface area contributed by atoms with E-state index >= 15 is 0 Å². The van der Waals surface area contributed by atoms with Crippen molar-refractivity contribution >= 4 is 5.91 Å². The Balaban J connectivity index is 1.74. The van der Waals surface area contributed by atoms with Gasteiger partial charge >= 0.3 is 0 Å². The first kappa shape index (κ1) is 17.7. The molecule has 0 saturated carbocycles. The van der Waals surface area contributed by atoms with Crippen LogP contribution in [0.15, 0.2) is 54.6 Å². The maximum absolute atomic E-state index is 13.0. The van der Waals surface area contributed by atoms with Crippen molar-refractivity contribution in [3.63, 3.8) is 0 Å². The molecule has 1 heterocycles. The van der Waals surface area contributed by atoms with Crippen molar-refractivity contribution in [2.45, 2.75) is 51.7 Å². The predicted octanol–water partition coefficient (Wildman–Crippen LogP) is 4.55. The van der Waals surface area contributed by atoms with Gasteiger partial charge in [0, 0.05) is 17.2 Å². The van der Waals surface area contributed by atoms with E-state index in [4.69, 9.17) is 0 Å². The van der Waals surface area contributed by atoms with Gasteiger partial charge in [0.2, 0.25) is 0 Å². The van der Waals surface area contributed by atoms with E-state index in [1.165, 1.54) is 5.56 Å². The molecule has 1 aliphatic heterocycles. The third kappa shape index (κ3) is 3.93. The Kier molecular flexibility index (Phi) is 5.87. The summed E-state index contributed by atoms with van der Waals surface area (Å²) in [4.78, 5) is 15.0. The third-order valence-corrected chi connectivity index (χ3v) is 5.03. The SMILES string of the molecule is CCCCN[C@@H]1c2ccccc2C(=O)N1[C@H](C)CCc1ccccc1. The van der Waals surface area contributed by atoms with Crippen LogP contribution in [0, 0.1) is 0 Å². The van der Waals surface area contributed by atoms with Crippen LogP contribution in [-0.2, 0) is 6.42 Å². The largest absolute Gasteiger partial charge is 0.316 e. The molecule has 0 aromatic heterocycles. The number of hydrogen-bond acceptors (Lipinski definition) is 2. The average molecular weight is 336 g/mol. The number of nitrogens with zero attached hydrogens (tertiary/aromatic N) is 1. The summed E-state index contributed by atoms with van der Waals surface area (Å²) >= 11 is 0. The second-order valence-electron chi connectivity index (χ2n) is 6.88. The lowest BCUT2D eigenvalue weighted by Gasteiger charge is -2.32. The van der Waals surface area contributed by atoms with Crippen LogP contribution in [0.25, 0.3) is 0 Å². The Morgan fingerprint density at radius 1 is 1.08 bits per heavy atom. The van der Waals surface area contributed by atoms with Gasteiger partial charge in [-0.3, -0.25) is 10.1 Å². The standard InChI is InChI=1S/C22H28N2O/c1-3-4-16-23-21-19-12-8-9-13-20(19)22(25)24(21)17(2)14-15-18-10-6-5-7-11-18/h5-13,17,21,23H,3-4,14-16H2,1-2H3/t17-,21+/m1/s1. The zero-order valence-electron chi connectivity index (χ0n) is 15.2. The zero-order chi connectivity index (χ0) is 17.6. The molecule has 0 spiro atoms. The van der Waals surface area contributed by atoms with Crippen molar-refractivity contribution in [3.8, 4) is 0 Å². The molecule has 0 saturated heterocycles. The molecule has 1 amide bonds. The van der Waals surface area contributed by atoms with Crippen molar-refractivity contribution in [1.82, 2.24) is 10.2 Å². The van der Waals surface area contributed by atoms with Crippen LogP contribution < -0.4 is 5.32 Å². The summed E-state index contributed by atoms with van der Waals surface area (Å²) in [6.45, 7) is 5.29. The summed E-state index contributed by atoms with van der Waals surface area (Å²) in [5.74, 6) is 0.158. The number of nitrogens with one attached hydrogen (secondary N) is 1. The first-order chi connectivity index (χ1) is 12.2. The van der Waals surface area contributed by atoms with Gasteiger partial charge in [0.15, 0.2) is 0 Å². The van der Waals surface area contributed by atoms with E-state index in [9.17, 15) is 4.79 Å².